The second-order valence-corrected chi connectivity index (χ2v) is 14.4. The van der Waals surface area contributed by atoms with Crippen LogP contribution in [-0.4, -0.2) is 9.13 Å². The Bertz CT molecular complexity index is 3070. The van der Waals surface area contributed by atoms with E-state index in [2.05, 4.69) is 191 Å². The number of para-hydroxylation sites is 3. The normalized spacial score (nSPS) is 15.7. The fraction of sp³-hybridized carbons (Fsp3) is 0.0400. The minimum atomic E-state index is 0.100. The highest BCUT2D eigenvalue weighted by Crippen LogP contribution is 2.60. The highest BCUT2D eigenvalue weighted by molar-refractivity contribution is 6.15. The third-order valence-corrected chi connectivity index (χ3v) is 11.9. The standard InChI is InChI=1S/C50H32N2/c1-3-14-31(15-4-1)32-16-13-19-34(30-32)52-42-25-12-10-23-38(42)47-44(52)29-27-40-45-35-20-7-8-21-36(35)48(50(40)47)49-39(45)26-28-43-46(49)37-22-9-11-24-41(37)51(43)33-17-5-2-6-18-33/h1-30,45,48H. The van der Waals surface area contributed by atoms with Crippen LogP contribution in [0.3, 0.4) is 0 Å². The van der Waals surface area contributed by atoms with Crippen LogP contribution >= 0.6 is 0 Å². The van der Waals surface area contributed by atoms with Crippen molar-refractivity contribution in [1.82, 2.24) is 9.13 Å². The SMILES string of the molecule is c1ccc(-c2cccc(-n3c4ccccc4c4c5c(ccc43)C3c4ccccc4C5c4c3ccc3c4c4ccccc4n3-c3ccccc3)c2)cc1. The first kappa shape index (κ1) is 28.1. The molecule has 242 valence electrons. The monoisotopic (exact) mass is 660 g/mol. The Balaban J connectivity index is 1.20. The number of nitrogens with zero attached hydrogens (tertiary/aromatic N) is 2. The number of hydrogen-bond donors (Lipinski definition) is 0. The summed E-state index contributed by atoms with van der Waals surface area (Å²) in [5, 5.41) is 5.38. The van der Waals surface area contributed by atoms with Crippen molar-refractivity contribution >= 4 is 43.6 Å². The summed E-state index contributed by atoms with van der Waals surface area (Å²) in [6.45, 7) is 0. The molecule has 0 N–H and O–H groups in total. The first-order chi connectivity index (χ1) is 25.8. The molecule has 0 aliphatic heterocycles. The van der Waals surface area contributed by atoms with E-state index in [0.29, 0.717) is 0 Å². The molecule has 3 aliphatic carbocycles. The van der Waals surface area contributed by atoms with E-state index in [1.807, 2.05) is 0 Å². The molecule has 2 heterocycles. The average molecular weight is 661 g/mol. The lowest BCUT2D eigenvalue weighted by atomic mass is 9.59. The lowest BCUT2D eigenvalue weighted by molar-refractivity contribution is 0.768. The predicted octanol–water partition coefficient (Wildman–Crippen LogP) is 12.5. The molecule has 8 aromatic carbocycles. The zero-order valence-electron chi connectivity index (χ0n) is 28.4. The molecule has 13 rings (SSSR count). The Kier molecular flexibility index (Phi) is 5.64. The molecule has 2 atom stereocenters. The van der Waals surface area contributed by atoms with E-state index < -0.39 is 0 Å². The highest BCUT2D eigenvalue weighted by Gasteiger charge is 2.44. The Hall–Kier alpha value is -6.64. The van der Waals surface area contributed by atoms with Gasteiger partial charge in [-0.3, -0.25) is 0 Å². The van der Waals surface area contributed by atoms with E-state index in [0.717, 1.165) is 0 Å². The molecule has 3 aliphatic rings. The highest BCUT2D eigenvalue weighted by atomic mass is 15.0. The summed E-state index contributed by atoms with van der Waals surface area (Å²) in [5.41, 5.74) is 18.5. The maximum absolute atomic E-state index is 2.49. The number of aromatic nitrogens is 2. The Morgan fingerprint density at radius 1 is 0.308 bits per heavy atom. The Labute approximate surface area is 301 Å². The van der Waals surface area contributed by atoms with Crippen LogP contribution in [0.2, 0.25) is 0 Å². The largest absolute Gasteiger partial charge is 0.309 e. The summed E-state index contributed by atoms with van der Waals surface area (Å²) in [7, 11) is 0. The van der Waals surface area contributed by atoms with Crippen molar-refractivity contribution < 1.29 is 0 Å². The van der Waals surface area contributed by atoms with Gasteiger partial charge in [-0.1, -0.05) is 133 Å². The van der Waals surface area contributed by atoms with Gasteiger partial charge in [-0.05, 0) is 93.0 Å². The number of hydrogen-bond acceptors (Lipinski definition) is 0. The zero-order chi connectivity index (χ0) is 33.9. The van der Waals surface area contributed by atoms with Gasteiger partial charge < -0.3 is 9.13 Å². The molecular weight excluding hydrogens is 629 g/mol. The number of benzene rings is 8. The number of rotatable bonds is 3. The maximum atomic E-state index is 2.49. The second-order valence-electron chi connectivity index (χ2n) is 14.4. The van der Waals surface area contributed by atoms with Gasteiger partial charge in [0, 0.05) is 44.8 Å². The third-order valence-electron chi connectivity index (χ3n) is 11.9. The molecule has 2 unspecified atom stereocenters. The van der Waals surface area contributed by atoms with Crippen molar-refractivity contribution in [1.29, 1.82) is 0 Å². The van der Waals surface area contributed by atoms with Crippen LogP contribution in [-0.2, 0) is 0 Å². The van der Waals surface area contributed by atoms with Gasteiger partial charge in [0.05, 0.1) is 22.1 Å². The molecule has 10 aromatic rings. The lowest BCUT2D eigenvalue weighted by Crippen LogP contribution is -2.28. The van der Waals surface area contributed by atoms with E-state index in [-0.39, 0.29) is 11.8 Å². The third kappa shape index (κ3) is 3.63. The van der Waals surface area contributed by atoms with E-state index in [1.54, 1.807) is 0 Å². The summed E-state index contributed by atoms with van der Waals surface area (Å²) in [4.78, 5) is 0. The summed E-state index contributed by atoms with van der Waals surface area (Å²) in [6, 6.07) is 67.5. The Morgan fingerprint density at radius 3 is 1.42 bits per heavy atom. The van der Waals surface area contributed by atoms with Crippen molar-refractivity contribution in [2.45, 2.75) is 11.8 Å². The van der Waals surface area contributed by atoms with Crippen LogP contribution in [0.25, 0.3) is 66.1 Å². The average Bonchev–Trinajstić information content (AvgIpc) is 3.75. The van der Waals surface area contributed by atoms with Crippen molar-refractivity contribution in [3.8, 4) is 22.5 Å². The molecule has 52 heavy (non-hydrogen) atoms. The smallest absolute Gasteiger partial charge is 0.0544 e. The van der Waals surface area contributed by atoms with Crippen molar-refractivity contribution in [2.24, 2.45) is 0 Å². The quantitative estimate of drug-likeness (QED) is 0.178. The zero-order valence-corrected chi connectivity index (χ0v) is 28.4. The molecule has 2 bridgehead atoms. The molecule has 0 amide bonds. The van der Waals surface area contributed by atoms with Gasteiger partial charge in [-0.25, -0.2) is 0 Å². The van der Waals surface area contributed by atoms with Gasteiger partial charge >= 0.3 is 0 Å². The maximum Gasteiger partial charge on any atom is 0.0544 e. The molecule has 2 heteroatoms. The molecule has 0 spiro atoms. The number of fused-ring (bicyclic) bond motifs is 6. The fourth-order valence-electron chi connectivity index (χ4n) is 9.92. The molecular formula is C50H32N2. The molecule has 0 saturated carbocycles. The van der Waals surface area contributed by atoms with Gasteiger partial charge in [0.2, 0.25) is 0 Å². The van der Waals surface area contributed by atoms with Crippen LogP contribution in [0.1, 0.15) is 45.2 Å². The molecule has 0 saturated heterocycles. The van der Waals surface area contributed by atoms with E-state index in [1.165, 1.54) is 99.5 Å². The van der Waals surface area contributed by atoms with Crippen molar-refractivity contribution in [2.75, 3.05) is 0 Å². The van der Waals surface area contributed by atoms with Crippen LogP contribution in [0.15, 0.2) is 182 Å². The van der Waals surface area contributed by atoms with Gasteiger partial charge in [-0.15, -0.1) is 0 Å². The van der Waals surface area contributed by atoms with Gasteiger partial charge in [0.25, 0.3) is 0 Å². The van der Waals surface area contributed by atoms with Gasteiger partial charge in [0.15, 0.2) is 0 Å². The predicted molar refractivity (Wildman–Crippen MR) is 215 cm³/mol. The molecule has 2 aromatic heterocycles. The van der Waals surface area contributed by atoms with Gasteiger partial charge in [0.1, 0.15) is 0 Å². The first-order valence-electron chi connectivity index (χ1n) is 18.3. The second kappa shape index (κ2) is 10.4. The van der Waals surface area contributed by atoms with E-state index >= 15 is 0 Å². The molecule has 0 radical (unpaired) electrons. The van der Waals surface area contributed by atoms with E-state index in [9.17, 15) is 0 Å². The van der Waals surface area contributed by atoms with Crippen LogP contribution in [0.5, 0.6) is 0 Å². The molecule has 2 nitrogen and oxygen atoms in total. The summed E-state index contributed by atoms with van der Waals surface area (Å²) < 4.78 is 4.96. The summed E-state index contributed by atoms with van der Waals surface area (Å²) in [5.74, 6) is 0.269. The topological polar surface area (TPSA) is 9.86 Å². The minimum Gasteiger partial charge on any atom is -0.309 e. The van der Waals surface area contributed by atoms with E-state index in [4.69, 9.17) is 0 Å². The van der Waals surface area contributed by atoms with Crippen LogP contribution in [0.4, 0.5) is 0 Å². The lowest BCUT2D eigenvalue weighted by Gasteiger charge is -2.43. The minimum absolute atomic E-state index is 0.100. The van der Waals surface area contributed by atoms with Gasteiger partial charge in [-0.2, -0.15) is 0 Å². The molecule has 0 fully saturated rings. The summed E-state index contributed by atoms with van der Waals surface area (Å²) in [6.07, 6.45) is 0. The van der Waals surface area contributed by atoms with Crippen molar-refractivity contribution in [3.05, 3.63) is 215 Å². The van der Waals surface area contributed by atoms with Crippen molar-refractivity contribution in [3.63, 3.8) is 0 Å². The Morgan fingerprint density at radius 2 is 0.788 bits per heavy atom. The first-order valence-corrected chi connectivity index (χ1v) is 18.3. The van der Waals surface area contributed by atoms with Crippen LogP contribution in [0, 0.1) is 0 Å². The summed E-state index contributed by atoms with van der Waals surface area (Å²) >= 11 is 0. The fourth-order valence-corrected chi connectivity index (χ4v) is 9.92. The van der Waals surface area contributed by atoms with Crippen LogP contribution < -0.4 is 0 Å².